The zero-order valence-electron chi connectivity index (χ0n) is 6.36. The lowest BCUT2D eigenvalue weighted by Gasteiger charge is -2.02. The van der Waals surface area contributed by atoms with Gasteiger partial charge in [0.25, 0.3) is 0 Å². The maximum absolute atomic E-state index is 9.19. The van der Waals surface area contributed by atoms with E-state index in [0.717, 1.165) is 0 Å². The lowest BCUT2D eigenvalue weighted by molar-refractivity contribution is 0.155. The molecule has 0 aromatic rings. The highest BCUT2D eigenvalue weighted by Gasteiger charge is 2.71. The summed E-state index contributed by atoms with van der Waals surface area (Å²) >= 11 is 11.8. The molecule has 0 spiro atoms. The summed E-state index contributed by atoms with van der Waals surface area (Å²) in [4.78, 5) is 0. The van der Waals surface area contributed by atoms with Crippen LogP contribution in [0, 0.1) is 11.3 Å². The molecule has 1 aliphatic carbocycles. The van der Waals surface area contributed by atoms with Crippen molar-refractivity contribution in [3.8, 4) is 0 Å². The van der Waals surface area contributed by atoms with Crippen molar-refractivity contribution in [2.24, 2.45) is 11.3 Å². The van der Waals surface area contributed by atoms with Crippen LogP contribution in [0.4, 0.5) is 0 Å². The summed E-state index contributed by atoms with van der Waals surface area (Å²) in [7, 11) is 0. The Kier molecular flexibility index (Phi) is 1.75. The molecule has 60 valence electrons. The van der Waals surface area contributed by atoms with E-state index in [2.05, 4.69) is 0 Å². The fraction of sp³-hybridized carbons (Fsp3) is 1.00. The molecule has 3 heteroatoms. The molecule has 0 aliphatic heterocycles. The van der Waals surface area contributed by atoms with Gasteiger partial charge in [-0.15, -0.1) is 23.2 Å². The average molecular weight is 183 g/mol. The fourth-order valence-corrected chi connectivity index (χ4v) is 2.64. The summed E-state index contributed by atoms with van der Waals surface area (Å²) in [5.41, 5.74) is -0.135. The monoisotopic (exact) mass is 182 g/mol. The molecule has 0 amide bonds. The molecule has 1 aliphatic rings. The van der Waals surface area contributed by atoms with Crippen molar-refractivity contribution in [1.82, 2.24) is 0 Å². The highest BCUT2D eigenvalue weighted by molar-refractivity contribution is 6.51. The first-order valence-corrected chi connectivity index (χ1v) is 4.13. The van der Waals surface area contributed by atoms with Gasteiger partial charge in [-0.05, 0) is 6.92 Å². The van der Waals surface area contributed by atoms with Crippen molar-refractivity contribution in [1.29, 1.82) is 0 Å². The van der Waals surface area contributed by atoms with Crippen molar-refractivity contribution < 1.29 is 5.11 Å². The van der Waals surface area contributed by atoms with Gasteiger partial charge < -0.3 is 5.11 Å². The second-order valence-electron chi connectivity index (χ2n) is 3.56. The van der Waals surface area contributed by atoms with Crippen LogP contribution in [0.5, 0.6) is 0 Å². The lowest BCUT2D eigenvalue weighted by atomic mass is 10.1. The predicted octanol–water partition coefficient (Wildman–Crippen LogP) is 2.20. The van der Waals surface area contributed by atoms with Crippen LogP contribution >= 0.6 is 23.2 Å². The quantitative estimate of drug-likeness (QED) is 0.618. The smallest absolute Gasteiger partial charge is 0.129 e. The number of halogens is 2. The Morgan fingerprint density at radius 3 is 1.70 bits per heavy atom. The molecule has 0 bridgehead atoms. The predicted molar refractivity (Wildman–Crippen MR) is 43.4 cm³/mol. The van der Waals surface area contributed by atoms with Gasteiger partial charge in [-0.2, -0.15) is 0 Å². The van der Waals surface area contributed by atoms with E-state index < -0.39 is 10.4 Å². The van der Waals surface area contributed by atoms with Gasteiger partial charge in [0.15, 0.2) is 0 Å². The third kappa shape index (κ3) is 0.876. The van der Waals surface area contributed by atoms with Crippen molar-refractivity contribution in [2.45, 2.75) is 31.2 Å². The highest BCUT2D eigenvalue weighted by Crippen LogP contribution is 2.69. The van der Waals surface area contributed by atoms with Crippen LogP contribution in [0.15, 0.2) is 0 Å². The maximum atomic E-state index is 9.19. The third-order valence-corrected chi connectivity index (χ3v) is 3.87. The Hall–Kier alpha value is 0.540. The molecule has 0 aromatic carbocycles. The molecule has 1 saturated carbocycles. The second kappa shape index (κ2) is 2.02. The van der Waals surface area contributed by atoms with Gasteiger partial charge in [0.1, 0.15) is 4.33 Å². The van der Waals surface area contributed by atoms with E-state index in [9.17, 15) is 5.11 Å². The van der Waals surface area contributed by atoms with E-state index in [-0.39, 0.29) is 11.3 Å². The summed E-state index contributed by atoms with van der Waals surface area (Å²) in [6.45, 7) is 5.65. The van der Waals surface area contributed by atoms with Gasteiger partial charge in [-0.3, -0.25) is 0 Å². The van der Waals surface area contributed by atoms with Crippen LogP contribution in [-0.4, -0.2) is 15.5 Å². The first kappa shape index (κ1) is 8.63. The van der Waals surface area contributed by atoms with Crippen molar-refractivity contribution in [2.75, 3.05) is 0 Å². The van der Waals surface area contributed by atoms with E-state index in [4.69, 9.17) is 23.2 Å². The van der Waals surface area contributed by atoms with E-state index in [1.165, 1.54) is 0 Å². The van der Waals surface area contributed by atoms with E-state index in [1.54, 1.807) is 6.92 Å². The Balaban J connectivity index is 2.72. The summed E-state index contributed by atoms with van der Waals surface area (Å²) in [6, 6.07) is 0. The molecule has 2 atom stereocenters. The van der Waals surface area contributed by atoms with Gasteiger partial charge in [-0.25, -0.2) is 0 Å². The van der Waals surface area contributed by atoms with E-state index in [1.807, 2.05) is 13.8 Å². The topological polar surface area (TPSA) is 20.2 Å². The number of rotatable bonds is 1. The second-order valence-corrected chi connectivity index (χ2v) is 4.95. The third-order valence-electron chi connectivity index (χ3n) is 2.43. The fourth-order valence-electron chi connectivity index (χ4n) is 1.60. The molecular formula is C7H12Cl2O. The number of aliphatic hydroxyl groups is 1. The zero-order valence-corrected chi connectivity index (χ0v) is 7.87. The summed E-state index contributed by atoms with van der Waals surface area (Å²) in [6.07, 6.45) is -0.412. The van der Waals surface area contributed by atoms with Crippen LogP contribution in [0.1, 0.15) is 20.8 Å². The van der Waals surface area contributed by atoms with Crippen LogP contribution in [0.3, 0.4) is 0 Å². The van der Waals surface area contributed by atoms with Crippen molar-refractivity contribution in [3.05, 3.63) is 0 Å². The van der Waals surface area contributed by atoms with Crippen molar-refractivity contribution in [3.63, 3.8) is 0 Å². The number of hydrogen-bond donors (Lipinski definition) is 1. The number of aliphatic hydroxyl groups excluding tert-OH is 1. The van der Waals surface area contributed by atoms with E-state index >= 15 is 0 Å². The molecule has 10 heavy (non-hydrogen) atoms. The van der Waals surface area contributed by atoms with Crippen LogP contribution in [-0.2, 0) is 0 Å². The molecule has 0 radical (unpaired) electrons. The molecular weight excluding hydrogens is 171 g/mol. The first-order valence-electron chi connectivity index (χ1n) is 3.37. The number of hydrogen-bond acceptors (Lipinski definition) is 1. The molecule has 0 heterocycles. The Morgan fingerprint density at radius 1 is 1.40 bits per heavy atom. The van der Waals surface area contributed by atoms with Crippen molar-refractivity contribution >= 4 is 23.2 Å². The van der Waals surface area contributed by atoms with Crippen LogP contribution in [0.2, 0.25) is 0 Å². The summed E-state index contributed by atoms with van der Waals surface area (Å²) in [5.74, 6) is 0.0170. The highest BCUT2D eigenvalue weighted by atomic mass is 35.5. The molecule has 1 N–H and O–H groups in total. The Bertz CT molecular complexity index is 138. The molecule has 1 nitrogen and oxygen atoms in total. The van der Waals surface area contributed by atoms with Crippen LogP contribution < -0.4 is 0 Å². The lowest BCUT2D eigenvalue weighted by Crippen LogP contribution is -2.08. The van der Waals surface area contributed by atoms with Gasteiger partial charge in [-0.1, -0.05) is 13.8 Å². The summed E-state index contributed by atoms with van der Waals surface area (Å²) in [5, 5.41) is 9.19. The average Bonchev–Trinajstić information content (AvgIpc) is 1.97. The molecule has 0 aromatic heterocycles. The van der Waals surface area contributed by atoms with E-state index in [0.29, 0.717) is 0 Å². The van der Waals surface area contributed by atoms with Gasteiger partial charge in [0.2, 0.25) is 0 Å². The van der Waals surface area contributed by atoms with Gasteiger partial charge in [0, 0.05) is 11.3 Å². The Labute approximate surface area is 71.3 Å². The zero-order chi connectivity index (χ0) is 8.15. The number of alkyl halides is 2. The SMILES string of the molecule is CC(O)C1C(C)(C)C1(Cl)Cl. The molecule has 1 fully saturated rings. The Morgan fingerprint density at radius 2 is 1.70 bits per heavy atom. The maximum Gasteiger partial charge on any atom is 0.129 e. The first-order chi connectivity index (χ1) is 4.32. The molecule has 1 rings (SSSR count). The minimum atomic E-state index is -0.721. The molecule has 0 saturated heterocycles. The molecule has 2 unspecified atom stereocenters. The standard InChI is InChI=1S/C7H12Cl2O/c1-4(10)5-6(2,3)7(5,8)9/h4-5,10H,1-3H3. The summed E-state index contributed by atoms with van der Waals surface area (Å²) < 4.78 is -0.721. The minimum Gasteiger partial charge on any atom is -0.393 e. The van der Waals surface area contributed by atoms with Gasteiger partial charge in [0.05, 0.1) is 6.10 Å². The largest absolute Gasteiger partial charge is 0.393 e. The van der Waals surface area contributed by atoms with Crippen LogP contribution in [0.25, 0.3) is 0 Å². The normalized spacial score (nSPS) is 37.2. The van der Waals surface area contributed by atoms with Gasteiger partial charge >= 0.3 is 0 Å². The minimum absolute atomic E-state index is 0.0170.